The molecule has 1 aromatic carbocycles. The Labute approximate surface area is 103 Å². The number of anilines is 1. The largest absolute Gasteiger partial charge is 0.333 e. The molecule has 0 aliphatic rings. The van der Waals surface area contributed by atoms with Gasteiger partial charge in [-0.2, -0.15) is 0 Å². The monoisotopic (exact) mass is 230 g/mol. The molecule has 1 aromatic rings. The molecule has 3 heteroatoms. The number of terminal acetylenes is 1. The first kappa shape index (κ1) is 13.1. The van der Waals surface area contributed by atoms with Gasteiger partial charge in [0.05, 0.1) is 0 Å². The SMILES string of the molecule is C#Cc1cccc(NC(=O)NC(C)(C)CC)c1. The van der Waals surface area contributed by atoms with Crippen molar-refractivity contribution in [1.29, 1.82) is 0 Å². The van der Waals surface area contributed by atoms with Gasteiger partial charge in [0.25, 0.3) is 0 Å². The van der Waals surface area contributed by atoms with E-state index in [-0.39, 0.29) is 11.6 Å². The first-order chi connectivity index (χ1) is 7.96. The predicted molar refractivity (Wildman–Crippen MR) is 70.9 cm³/mol. The Morgan fingerprint density at radius 1 is 1.47 bits per heavy atom. The second kappa shape index (κ2) is 5.40. The van der Waals surface area contributed by atoms with E-state index >= 15 is 0 Å². The Morgan fingerprint density at radius 3 is 2.76 bits per heavy atom. The van der Waals surface area contributed by atoms with Crippen molar-refractivity contribution in [1.82, 2.24) is 5.32 Å². The van der Waals surface area contributed by atoms with E-state index in [2.05, 4.69) is 16.6 Å². The fraction of sp³-hybridized carbons (Fsp3) is 0.357. The van der Waals surface area contributed by atoms with Crippen LogP contribution in [-0.2, 0) is 0 Å². The Hall–Kier alpha value is -1.95. The highest BCUT2D eigenvalue weighted by atomic mass is 16.2. The molecule has 1 rings (SSSR count). The van der Waals surface area contributed by atoms with Gasteiger partial charge in [-0.3, -0.25) is 0 Å². The van der Waals surface area contributed by atoms with Gasteiger partial charge in [-0.15, -0.1) is 6.42 Å². The number of nitrogens with one attached hydrogen (secondary N) is 2. The summed E-state index contributed by atoms with van der Waals surface area (Å²) in [5.41, 5.74) is 1.23. The second-order valence-electron chi connectivity index (χ2n) is 4.54. The molecule has 3 nitrogen and oxygen atoms in total. The van der Waals surface area contributed by atoms with Crippen LogP contribution in [0.1, 0.15) is 32.8 Å². The van der Waals surface area contributed by atoms with Gasteiger partial charge in [-0.1, -0.05) is 18.9 Å². The van der Waals surface area contributed by atoms with Crippen LogP contribution in [0.15, 0.2) is 24.3 Å². The third kappa shape index (κ3) is 4.20. The summed E-state index contributed by atoms with van der Waals surface area (Å²) in [6.45, 7) is 5.98. The molecule has 0 spiro atoms. The summed E-state index contributed by atoms with van der Waals surface area (Å²) in [5, 5.41) is 5.65. The summed E-state index contributed by atoms with van der Waals surface area (Å²) >= 11 is 0. The van der Waals surface area contributed by atoms with Gasteiger partial charge in [-0.05, 0) is 38.5 Å². The number of amides is 2. The highest BCUT2D eigenvalue weighted by Gasteiger charge is 2.17. The summed E-state index contributed by atoms with van der Waals surface area (Å²) in [6.07, 6.45) is 6.16. The highest BCUT2D eigenvalue weighted by molar-refractivity contribution is 5.89. The van der Waals surface area contributed by atoms with Crippen LogP contribution < -0.4 is 10.6 Å². The third-order valence-corrected chi connectivity index (χ3v) is 2.62. The molecule has 90 valence electrons. The molecule has 0 aliphatic carbocycles. The molecule has 0 aliphatic heterocycles. The fourth-order valence-corrected chi connectivity index (χ4v) is 1.24. The average Bonchev–Trinajstić information content (AvgIpc) is 2.28. The molecule has 0 radical (unpaired) electrons. The maximum absolute atomic E-state index is 11.7. The maximum Gasteiger partial charge on any atom is 0.319 e. The van der Waals surface area contributed by atoms with Crippen LogP contribution in [0.25, 0.3) is 0 Å². The van der Waals surface area contributed by atoms with Crippen LogP contribution in [-0.4, -0.2) is 11.6 Å². The zero-order valence-electron chi connectivity index (χ0n) is 10.5. The number of rotatable bonds is 3. The first-order valence-electron chi connectivity index (χ1n) is 5.62. The molecule has 0 heterocycles. The van der Waals surface area contributed by atoms with Crippen molar-refractivity contribution in [2.75, 3.05) is 5.32 Å². The number of carbonyl (C=O) groups excluding carboxylic acids is 1. The predicted octanol–water partition coefficient (Wildman–Crippen LogP) is 2.98. The molecule has 0 saturated carbocycles. The van der Waals surface area contributed by atoms with E-state index in [1.807, 2.05) is 32.9 Å². The summed E-state index contributed by atoms with van der Waals surface area (Å²) in [7, 11) is 0. The van der Waals surface area contributed by atoms with Gasteiger partial charge in [0.1, 0.15) is 0 Å². The highest BCUT2D eigenvalue weighted by Crippen LogP contribution is 2.11. The lowest BCUT2D eigenvalue weighted by molar-refractivity contribution is 0.240. The number of benzene rings is 1. The van der Waals surface area contributed by atoms with E-state index in [1.54, 1.807) is 12.1 Å². The van der Waals surface area contributed by atoms with Gasteiger partial charge in [0.2, 0.25) is 0 Å². The van der Waals surface area contributed by atoms with E-state index in [9.17, 15) is 4.79 Å². The Morgan fingerprint density at radius 2 is 2.18 bits per heavy atom. The minimum Gasteiger partial charge on any atom is -0.333 e. The number of hydrogen-bond acceptors (Lipinski definition) is 1. The van der Waals surface area contributed by atoms with Crippen molar-refractivity contribution in [3.63, 3.8) is 0 Å². The normalized spacial score (nSPS) is 10.5. The van der Waals surface area contributed by atoms with E-state index < -0.39 is 0 Å². The van der Waals surface area contributed by atoms with E-state index in [0.29, 0.717) is 5.69 Å². The summed E-state index contributed by atoms with van der Waals surface area (Å²) in [6, 6.07) is 6.98. The van der Waals surface area contributed by atoms with Gasteiger partial charge < -0.3 is 10.6 Å². The van der Waals surface area contributed by atoms with Crippen LogP contribution >= 0.6 is 0 Å². The summed E-state index contributed by atoms with van der Waals surface area (Å²) in [5.74, 6) is 2.53. The Kier molecular flexibility index (Phi) is 4.17. The van der Waals surface area contributed by atoms with E-state index in [1.165, 1.54) is 0 Å². The van der Waals surface area contributed by atoms with Crippen molar-refractivity contribution in [2.45, 2.75) is 32.7 Å². The molecule has 0 aromatic heterocycles. The van der Waals surface area contributed by atoms with Crippen molar-refractivity contribution in [3.8, 4) is 12.3 Å². The topological polar surface area (TPSA) is 41.1 Å². The van der Waals surface area contributed by atoms with Crippen LogP contribution in [0, 0.1) is 12.3 Å². The van der Waals surface area contributed by atoms with E-state index in [4.69, 9.17) is 6.42 Å². The minimum absolute atomic E-state index is 0.214. The lowest BCUT2D eigenvalue weighted by Gasteiger charge is -2.24. The van der Waals surface area contributed by atoms with Crippen LogP contribution in [0.2, 0.25) is 0 Å². The maximum atomic E-state index is 11.7. The number of carbonyl (C=O) groups is 1. The number of urea groups is 1. The Bertz CT molecular complexity index is 444. The van der Waals surface area contributed by atoms with Gasteiger partial charge in [-0.25, -0.2) is 4.79 Å². The fourth-order valence-electron chi connectivity index (χ4n) is 1.24. The Balaban J connectivity index is 2.66. The average molecular weight is 230 g/mol. The molecular weight excluding hydrogens is 212 g/mol. The van der Waals surface area contributed by atoms with Crippen molar-refractivity contribution >= 4 is 11.7 Å². The van der Waals surface area contributed by atoms with Crippen LogP contribution in [0.3, 0.4) is 0 Å². The smallest absolute Gasteiger partial charge is 0.319 e. The van der Waals surface area contributed by atoms with Crippen LogP contribution in [0.4, 0.5) is 10.5 Å². The van der Waals surface area contributed by atoms with Crippen molar-refractivity contribution < 1.29 is 4.79 Å². The van der Waals surface area contributed by atoms with E-state index in [0.717, 1.165) is 12.0 Å². The molecule has 17 heavy (non-hydrogen) atoms. The van der Waals surface area contributed by atoms with Gasteiger partial charge in [0.15, 0.2) is 0 Å². The minimum atomic E-state index is -0.217. The summed E-state index contributed by atoms with van der Waals surface area (Å²) in [4.78, 5) is 11.7. The zero-order valence-corrected chi connectivity index (χ0v) is 10.5. The first-order valence-corrected chi connectivity index (χ1v) is 5.62. The zero-order chi connectivity index (χ0) is 12.9. The molecule has 2 amide bonds. The van der Waals surface area contributed by atoms with Crippen LogP contribution in [0.5, 0.6) is 0 Å². The van der Waals surface area contributed by atoms with Crippen molar-refractivity contribution in [2.24, 2.45) is 0 Å². The standard InChI is InChI=1S/C14H18N2O/c1-5-11-8-7-9-12(10-11)15-13(17)16-14(3,4)6-2/h1,7-10H,6H2,2-4H3,(H2,15,16,17). The molecule has 0 unspecified atom stereocenters. The lowest BCUT2D eigenvalue weighted by Crippen LogP contribution is -2.45. The molecule has 0 atom stereocenters. The molecule has 0 bridgehead atoms. The van der Waals surface area contributed by atoms with Gasteiger partial charge >= 0.3 is 6.03 Å². The quantitative estimate of drug-likeness (QED) is 0.770. The number of hydrogen-bond donors (Lipinski definition) is 2. The third-order valence-electron chi connectivity index (χ3n) is 2.62. The molecule has 2 N–H and O–H groups in total. The second-order valence-corrected chi connectivity index (χ2v) is 4.54. The summed E-state index contributed by atoms with van der Waals surface area (Å²) < 4.78 is 0. The lowest BCUT2D eigenvalue weighted by atomic mass is 10.0. The molecule has 0 saturated heterocycles. The molecular formula is C14H18N2O. The van der Waals surface area contributed by atoms with Crippen molar-refractivity contribution in [3.05, 3.63) is 29.8 Å². The molecule has 0 fully saturated rings. The van der Waals surface area contributed by atoms with Gasteiger partial charge in [0, 0.05) is 16.8 Å².